The zero-order valence-corrected chi connectivity index (χ0v) is 16.1. The number of hydrogen-bond acceptors (Lipinski definition) is 5. The minimum absolute atomic E-state index is 0.101. The minimum atomic E-state index is -1.18. The molecular weight excluding hydrogens is 394 g/mol. The number of ether oxygens (including phenoxy) is 1. The highest BCUT2D eigenvalue weighted by Crippen LogP contribution is 2.26. The Hall–Kier alpha value is -3.51. The number of nitro benzene ring substituents is 1. The molecule has 0 spiro atoms. The molecule has 0 unspecified atom stereocenters. The smallest absolute Gasteiger partial charge is 0.339 e. The number of aryl methyl sites for hydroxylation is 1. The molecule has 0 saturated carbocycles. The van der Waals surface area contributed by atoms with Crippen molar-refractivity contribution in [3.05, 3.63) is 110 Å². The number of esters is 1. The molecule has 0 amide bonds. The van der Waals surface area contributed by atoms with Gasteiger partial charge in [-0.25, -0.2) is 4.79 Å². The molecule has 1 atom stereocenters. The third-order valence-electron chi connectivity index (χ3n) is 4.32. The third kappa shape index (κ3) is 4.67. The molecule has 0 radical (unpaired) electrons. The van der Waals surface area contributed by atoms with Crippen molar-refractivity contribution in [2.24, 2.45) is 0 Å². The maximum absolute atomic E-state index is 13.0. The average Bonchev–Trinajstić information content (AvgIpc) is 2.72. The van der Waals surface area contributed by atoms with Gasteiger partial charge in [-0.05, 0) is 31.2 Å². The van der Waals surface area contributed by atoms with Crippen LogP contribution in [0.3, 0.4) is 0 Å². The Kier molecular flexibility index (Phi) is 6.04. The second-order valence-corrected chi connectivity index (χ2v) is 6.76. The molecule has 146 valence electrons. The minimum Gasteiger partial charge on any atom is -0.445 e. The van der Waals surface area contributed by atoms with E-state index in [1.54, 1.807) is 54.6 Å². The number of carbonyl (C=O) groups is 2. The lowest BCUT2D eigenvalue weighted by atomic mass is 9.99. The number of hydrogen-bond donors (Lipinski definition) is 0. The van der Waals surface area contributed by atoms with Crippen LogP contribution >= 0.6 is 11.6 Å². The molecule has 6 nitrogen and oxygen atoms in total. The molecule has 0 bridgehead atoms. The second kappa shape index (κ2) is 8.67. The van der Waals surface area contributed by atoms with E-state index in [0.717, 1.165) is 0 Å². The summed E-state index contributed by atoms with van der Waals surface area (Å²) >= 11 is 5.92. The summed E-state index contributed by atoms with van der Waals surface area (Å²) in [6.45, 7) is 1.53. The van der Waals surface area contributed by atoms with Crippen molar-refractivity contribution in [2.45, 2.75) is 13.0 Å². The standard InChI is InChI=1S/C22H16ClNO5/c1-14-13-17(9-12-19(14)24(27)28)22(26)29-21(16-7-10-18(23)11-8-16)20(25)15-5-3-2-4-6-15/h2-13,21H,1H3/t21-/m1/s1. The molecule has 0 saturated heterocycles. The maximum Gasteiger partial charge on any atom is 0.339 e. The van der Waals surface area contributed by atoms with Gasteiger partial charge in [0.2, 0.25) is 5.78 Å². The molecule has 0 aromatic heterocycles. The molecule has 0 N–H and O–H groups in total. The predicted octanol–water partition coefficient (Wildman–Crippen LogP) is 5.34. The lowest BCUT2D eigenvalue weighted by molar-refractivity contribution is -0.385. The number of rotatable bonds is 6. The highest BCUT2D eigenvalue weighted by Gasteiger charge is 2.27. The van der Waals surface area contributed by atoms with Crippen LogP contribution < -0.4 is 0 Å². The summed E-state index contributed by atoms with van der Waals surface area (Å²) in [5, 5.41) is 11.5. The molecule has 0 aliphatic rings. The zero-order valence-electron chi connectivity index (χ0n) is 15.4. The van der Waals surface area contributed by atoms with Gasteiger partial charge in [0.1, 0.15) is 0 Å². The van der Waals surface area contributed by atoms with Crippen LogP contribution in [0.2, 0.25) is 5.02 Å². The van der Waals surface area contributed by atoms with Crippen molar-refractivity contribution in [1.29, 1.82) is 0 Å². The van der Waals surface area contributed by atoms with E-state index in [-0.39, 0.29) is 17.0 Å². The van der Waals surface area contributed by atoms with Crippen LogP contribution in [-0.4, -0.2) is 16.7 Å². The number of halogens is 1. The predicted molar refractivity (Wildman–Crippen MR) is 108 cm³/mol. The van der Waals surface area contributed by atoms with E-state index >= 15 is 0 Å². The molecule has 0 aliphatic heterocycles. The molecule has 3 aromatic rings. The first kappa shape index (κ1) is 20.2. The largest absolute Gasteiger partial charge is 0.445 e. The first-order valence-corrected chi connectivity index (χ1v) is 9.05. The molecule has 7 heteroatoms. The summed E-state index contributed by atoms with van der Waals surface area (Å²) in [4.78, 5) is 36.1. The Labute approximate surface area is 171 Å². The van der Waals surface area contributed by atoms with Gasteiger partial charge >= 0.3 is 5.97 Å². The van der Waals surface area contributed by atoms with Crippen LogP contribution in [0.4, 0.5) is 5.69 Å². The number of Topliss-reactive ketones (excluding diaryl/α,β-unsaturated/α-hetero) is 1. The molecule has 0 fully saturated rings. The highest BCUT2D eigenvalue weighted by molar-refractivity contribution is 6.30. The van der Waals surface area contributed by atoms with Gasteiger partial charge < -0.3 is 4.74 Å². The van der Waals surface area contributed by atoms with E-state index in [1.807, 2.05) is 0 Å². The molecule has 3 rings (SSSR count). The van der Waals surface area contributed by atoms with E-state index < -0.39 is 17.0 Å². The van der Waals surface area contributed by atoms with E-state index in [0.29, 0.717) is 21.7 Å². The summed E-state index contributed by atoms with van der Waals surface area (Å²) in [6.07, 6.45) is -1.18. The quantitative estimate of drug-likeness (QED) is 0.237. The third-order valence-corrected chi connectivity index (χ3v) is 4.58. The van der Waals surface area contributed by atoms with Crippen LogP contribution in [0, 0.1) is 17.0 Å². The Balaban J connectivity index is 1.93. The SMILES string of the molecule is Cc1cc(C(=O)O[C@@H](C(=O)c2ccccc2)c2ccc(Cl)cc2)ccc1[N+](=O)[O-]. The van der Waals surface area contributed by atoms with Crippen LogP contribution in [0.15, 0.2) is 72.8 Å². The monoisotopic (exact) mass is 409 g/mol. The van der Waals surface area contributed by atoms with Crippen LogP contribution in [0.1, 0.15) is 37.9 Å². The number of ketones is 1. The van der Waals surface area contributed by atoms with Crippen LogP contribution in [0.25, 0.3) is 0 Å². The molecule has 0 aliphatic carbocycles. The lowest BCUT2D eigenvalue weighted by Crippen LogP contribution is -2.20. The summed E-state index contributed by atoms with van der Waals surface area (Å²) in [5.41, 5.74) is 1.20. The molecule has 0 heterocycles. The van der Waals surface area contributed by atoms with E-state index in [2.05, 4.69) is 0 Å². The fourth-order valence-electron chi connectivity index (χ4n) is 2.83. The first-order valence-electron chi connectivity index (χ1n) is 8.67. The molecular formula is C22H16ClNO5. The van der Waals surface area contributed by atoms with Crippen molar-refractivity contribution in [2.75, 3.05) is 0 Å². The summed E-state index contributed by atoms with van der Waals surface area (Å²) in [6, 6.07) is 18.8. The van der Waals surface area contributed by atoms with Gasteiger partial charge in [0.15, 0.2) is 6.10 Å². The van der Waals surface area contributed by atoms with Crippen molar-refractivity contribution in [3.8, 4) is 0 Å². The van der Waals surface area contributed by atoms with Gasteiger partial charge in [-0.3, -0.25) is 14.9 Å². The van der Waals surface area contributed by atoms with E-state index in [1.165, 1.54) is 25.1 Å². The van der Waals surface area contributed by atoms with Gasteiger partial charge in [-0.2, -0.15) is 0 Å². The fourth-order valence-corrected chi connectivity index (χ4v) is 2.95. The topological polar surface area (TPSA) is 86.5 Å². The average molecular weight is 410 g/mol. The first-order chi connectivity index (χ1) is 13.9. The van der Waals surface area contributed by atoms with Crippen molar-refractivity contribution < 1.29 is 19.2 Å². The van der Waals surface area contributed by atoms with Gasteiger partial charge in [-0.1, -0.05) is 54.1 Å². The Morgan fingerprint density at radius 3 is 2.21 bits per heavy atom. The van der Waals surface area contributed by atoms with Crippen LogP contribution in [0.5, 0.6) is 0 Å². The van der Waals surface area contributed by atoms with Gasteiger partial charge in [0, 0.05) is 27.8 Å². The Bertz CT molecular complexity index is 1060. The van der Waals surface area contributed by atoms with Crippen molar-refractivity contribution in [3.63, 3.8) is 0 Å². The van der Waals surface area contributed by atoms with Crippen molar-refractivity contribution in [1.82, 2.24) is 0 Å². The highest BCUT2D eigenvalue weighted by atomic mass is 35.5. The molecule has 29 heavy (non-hydrogen) atoms. The normalized spacial score (nSPS) is 11.5. The number of nitrogens with zero attached hydrogens (tertiary/aromatic N) is 1. The fraction of sp³-hybridized carbons (Fsp3) is 0.0909. The summed E-state index contributed by atoms with van der Waals surface area (Å²) in [7, 11) is 0. The summed E-state index contributed by atoms with van der Waals surface area (Å²) < 4.78 is 5.53. The maximum atomic E-state index is 13.0. The van der Waals surface area contributed by atoms with Crippen molar-refractivity contribution >= 4 is 29.0 Å². The lowest BCUT2D eigenvalue weighted by Gasteiger charge is -2.18. The van der Waals surface area contributed by atoms with E-state index in [9.17, 15) is 19.7 Å². The zero-order chi connectivity index (χ0) is 21.0. The summed E-state index contributed by atoms with van der Waals surface area (Å²) in [5.74, 6) is -1.15. The Morgan fingerprint density at radius 2 is 1.62 bits per heavy atom. The molecule has 3 aromatic carbocycles. The number of nitro groups is 1. The Morgan fingerprint density at radius 1 is 0.966 bits per heavy atom. The second-order valence-electron chi connectivity index (χ2n) is 6.33. The van der Waals surface area contributed by atoms with Gasteiger partial charge in [0.05, 0.1) is 10.5 Å². The van der Waals surface area contributed by atoms with Gasteiger partial charge in [0.25, 0.3) is 5.69 Å². The van der Waals surface area contributed by atoms with Gasteiger partial charge in [-0.15, -0.1) is 0 Å². The number of carbonyl (C=O) groups excluding carboxylic acids is 2. The van der Waals surface area contributed by atoms with E-state index in [4.69, 9.17) is 16.3 Å². The van der Waals surface area contributed by atoms with Crippen LogP contribution in [-0.2, 0) is 4.74 Å². The number of benzene rings is 3.